The minimum absolute atomic E-state index is 0.321. The average Bonchev–Trinajstić information content (AvgIpc) is 2.09. The van der Waals surface area contributed by atoms with Gasteiger partial charge in [0, 0.05) is 5.56 Å². The molecule has 0 unspecified atom stereocenters. The highest BCUT2D eigenvalue weighted by Gasteiger charge is 1.97. The summed E-state index contributed by atoms with van der Waals surface area (Å²) in [5.74, 6) is -0.912. The Kier molecular flexibility index (Phi) is 4.60. The Morgan fingerprint density at radius 2 is 1.67 bits per heavy atom. The van der Waals surface area contributed by atoms with Gasteiger partial charge in [-0.1, -0.05) is 0 Å². The van der Waals surface area contributed by atoms with Crippen LogP contribution in [-0.4, -0.2) is 13.1 Å². The molecule has 66 valence electrons. The number of hydrogen-bond donors (Lipinski definition) is 1. The van der Waals surface area contributed by atoms with Crippen LogP contribution in [-0.2, 0) is 0 Å². The van der Waals surface area contributed by atoms with E-state index in [-0.39, 0.29) is 5.82 Å². The Labute approximate surface area is 69.0 Å². The second-order valence-electron chi connectivity index (χ2n) is 1.87. The molecule has 2 nitrogen and oxygen atoms in total. The number of rotatable bonds is 1. The van der Waals surface area contributed by atoms with Crippen molar-refractivity contribution in [2.45, 2.75) is 0 Å². The summed E-state index contributed by atoms with van der Waals surface area (Å²) in [6.45, 7) is 0. The highest BCUT2D eigenvalue weighted by molar-refractivity contribution is 5.92. The van der Waals surface area contributed by atoms with Crippen molar-refractivity contribution in [1.29, 1.82) is 0 Å². The maximum atomic E-state index is 12.2. The summed E-state index contributed by atoms with van der Waals surface area (Å²) < 4.78 is 21.7. The Balaban J connectivity index is 0.000000561. The van der Waals surface area contributed by atoms with Crippen LogP contribution in [0.25, 0.3) is 0 Å². The average molecular weight is 171 g/mol. The zero-order valence-corrected chi connectivity index (χ0v) is 6.55. The van der Waals surface area contributed by atoms with Crippen LogP contribution in [0.4, 0.5) is 8.78 Å². The van der Waals surface area contributed by atoms with E-state index >= 15 is 0 Å². The second-order valence-corrected chi connectivity index (χ2v) is 1.87. The van der Waals surface area contributed by atoms with E-state index in [1.165, 1.54) is 24.3 Å². The SMILES string of the molecule is C[18F].NC(=O)c1ccc([18F])cc1. The van der Waals surface area contributed by atoms with Crippen LogP contribution in [0.3, 0.4) is 0 Å². The third-order valence-corrected chi connectivity index (χ3v) is 1.13. The monoisotopic (exact) mass is 171 g/mol. The lowest BCUT2D eigenvalue weighted by Crippen LogP contribution is -2.10. The predicted molar refractivity (Wildman–Crippen MR) is 41.9 cm³/mol. The number of carbonyl (C=O) groups is 1. The number of carbonyl (C=O) groups excluding carboxylic acids is 1. The fourth-order valence-electron chi connectivity index (χ4n) is 0.614. The first-order chi connectivity index (χ1) is 5.70. The molecule has 0 heterocycles. The first-order valence-electron chi connectivity index (χ1n) is 3.13. The highest BCUT2D eigenvalue weighted by atomic mass is 18.2. The van der Waals surface area contributed by atoms with Crippen LogP contribution >= 0.6 is 0 Å². The Hall–Kier alpha value is -1.45. The van der Waals surface area contributed by atoms with Gasteiger partial charge in [-0.15, -0.1) is 0 Å². The van der Waals surface area contributed by atoms with E-state index in [1.54, 1.807) is 0 Å². The minimum atomic E-state index is -0.542. The molecule has 1 amide bonds. The second kappa shape index (κ2) is 5.23. The van der Waals surface area contributed by atoms with Gasteiger partial charge >= 0.3 is 0 Å². The lowest BCUT2D eigenvalue weighted by molar-refractivity contribution is 0.100. The Bertz CT molecular complexity index is 246. The standard InChI is InChI=1S/C7H6FNO.CH3F/c8-6-3-1-5(2-4-6)7(9)10;1-2/h1-4H,(H2,9,10);1H3/i8-1;2-1. The molecule has 4 heteroatoms. The van der Waals surface area contributed by atoms with Crippen molar-refractivity contribution < 1.29 is 13.6 Å². The van der Waals surface area contributed by atoms with Gasteiger partial charge in [-0.05, 0) is 24.3 Å². The largest absolute Gasteiger partial charge is 0.366 e. The van der Waals surface area contributed by atoms with Gasteiger partial charge < -0.3 is 5.73 Å². The molecule has 0 aliphatic rings. The molecule has 0 aliphatic heterocycles. The van der Waals surface area contributed by atoms with Crippen molar-refractivity contribution >= 4 is 5.91 Å². The molecule has 1 aromatic carbocycles. The van der Waals surface area contributed by atoms with Gasteiger partial charge in [0.1, 0.15) is 5.82 Å². The number of halogens is 2. The summed E-state index contributed by atoms with van der Waals surface area (Å²) in [6, 6.07) is 5.08. The lowest BCUT2D eigenvalue weighted by Gasteiger charge is -1.91. The zero-order valence-electron chi connectivity index (χ0n) is 6.55. The Morgan fingerprint density at radius 1 is 1.25 bits per heavy atom. The van der Waals surface area contributed by atoms with Crippen molar-refractivity contribution in [2.75, 3.05) is 7.18 Å². The van der Waals surface area contributed by atoms with Crippen LogP contribution in [0.2, 0.25) is 0 Å². The number of hydrogen-bond acceptors (Lipinski definition) is 1. The van der Waals surface area contributed by atoms with Gasteiger partial charge in [0.05, 0.1) is 7.18 Å². The van der Waals surface area contributed by atoms with E-state index < -0.39 is 5.91 Å². The van der Waals surface area contributed by atoms with Gasteiger partial charge in [-0.2, -0.15) is 0 Å². The van der Waals surface area contributed by atoms with Gasteiger partial charge in [-0.3, -0.25) is 9.18 Å². The quantitative estimate of drug-likeness (QED) is 0.683. The molecule has 0 atom stereocenters. The van der Waals surface area contributed by atoms with Crippen molar-refractivity contribution in [1.82, 2.24) is 0 Å². The number of benzene rings is 1. The van der Waals surface area contributed by atoms with E-state index in [9.17, 15) is 13.6 Å². The van der Waals surface area contributed by atoms with E-state index in [0.717, 1.165) is 0 Å². The van der Waals surface area contributed by atoms with Crippen molar-refractivity contribution in [3.8, 4) is 0 Å². The summed E-state index contributed by atoms with van der Waals surface area (Å²) >= 11 is 0. The molecule has 0 bridgehead atoms. The number of alkyl halides is 1. The minimum Gasteiger partial charge on any atom is -0.366 e. The summed E-state index contributed by atoms with van der Waals surface area (Å²) in [5, 5.41) is 0. The summed E-state index contributed by atoms with van der Waals surface area (Å²) in [5.41, 5.74) is 5.22. The third kappa shape index (κ3) is 3.09. The topological polar surface area (TPSA) is 43.1 Å². The molecule has 1 rings (SSSR count). The van der Waals surface area contributed by atoms with Crippen LogP contribution in [0.15, 0.2) is 24.3 Å². The van der Waals surface area contributed by atoms with E-state index in [1.807, 2.05) is 0 Å². The summed E-state index contributed by atoms with van der Waals surface area (Å²) in [4.78, 5) is 10.4. The molecule has 2 N–H and O–H groups in total. The van der Waals surface area contributed by atoms with Gasteiger partial charge in [0.25, 0.3) is 0 Å². The predicted octanol–water partition coefficient (Wildman–Crippen LogP) is 1.51. The Morgan fingerprint density at radius 3 is 2.00 bits per heavy atom. The number of primary amides is 1. The molecular weight excluding hydrogens is 162 g/mol. The smallest absolute Gasteiger partial charge is 0.248 e. The number of amides is 1. The highest BCUT2D eigenvalue weighted by Crippen LogP contribution is 2.00. The van der Waals surface area contributed by atoms with Gasteiger partial charge in [0.15, 0.2) is 0 Å². The molecule has 0 saturated carbocycles. The molecule has 0 aliphatic carbocycles. The first-order valence-corrected chi connectivity index (χ1v) is 3.13. The number of nitrogens with two attached hydrogens (primary N) is 1. The van der Waals surface area contributed by atoms with E-state index in [0.29, 0.717) is 12.7 Å². The van der Waals surface area contributed by atoms with Crippen LogP contribution < -0.4 is 5.73 Å². The fourth-order valence-corrected chi connectivity index (χ4v) is 0.614. The molecule has 0 spiro atoms. The van der Waals surface area contributed by atoms with Crippen LogP contribution in [0.1, 0.15) is 10.4 Å². The van der Waals surface area contributed by atoms with Crippen LogP contribution in [0.5, 0.6) is 0 Å². The van der Waals surface area contributed by atoms with Crippen molar-refractivity contribution in [3.05, 3.63) is 35.6 Å². The van der Waals surface area contributed by atoms with Gasteiger partial charge in [0.2, 0.25) is 5.91 Å². The molecule has 0 fully saturated rings. The molecular formula is C8H9F2NO. The normalized spacial score (nSPS) is 8.25. The van der Waals surface area contributed by atoms with Gasteiger partial charge in [-0.25, -0.2) is 4.39 Å². The van der Waals surface area contributed by atoms with Crippen LogP contribution in [0, 0.1) is 5.82 Å². The maximum absolute atomic E-state index is 12.2. The molecule has 0 aromatic heterocycles. The van der Waals surface area contributed by atoms with Crippen molar-refractivity contribution in [3.63, 3.8) is 0 Å². The fraction of sp³-hybridized carbons (Fsp3) is 0.125. The summed E-state index contributed by atoms with van der Waals surface area (Å²) in [6.07, 6.45) is 0. The van der Waals surface area contributed by atoms with E-state index in [4.69, 9.17) is 5.73 Å². The first kappa shape index (κ1) is 10.6. The lowest BCUT2D eigenvalue weighted by atomic mass is 10.2. The molecule has 0 radical (unpaired) electrons. The third-order valence-electron chi connectivity index (χ3n) is 1.13. The maximum Gasteiger partial charge on any atom is 0.248 e. The summed E-state index contributed by atoms with van der Waals surface area (Å²) in [7, 11) is 0.500. The van der Waals surface area contributed by atoms with E-state index in [2.05, 4.69) is 0 Å². The molecule has 1 aromatic rings. The van der Waals surface area contributed by atoms with Crippen molar-refractivity contribution in [2.24, 2.45) is 5.73 Å². The zero-order chi connectivity index (χ0) is 9.56. The molecule has 12 heavy (non-hydrogen) atoms. The molecule has 0 saturated heterocycles.